The minimum absolute atomic E-state index is 0.224. The molecule has 1 nitrogen and oxygen atoms in total. The number of aryl methyl sites for hydroxylation is 1. The molecule has 0 aromatic carbocycles. The molecule has 2 aromatic rings. The van der Waals surface area contributed by atoms with E-state index in [2.05, 4.69) is 13.0 Å². The van der Waals surface area contributed by atoms with Crippen LogP contribution in [0, 0.1) is 6.92 Å². The first-order valence-corrected chi connectivity index (χ1v) is 6.07. The van der Waals surface area contributed by atoms with E-state index in [-0.39, 0.29) is 5.78 Å². The highest BCUT2D eigenvalue weighted by atomic mass is 32.1. The summed E-state index contributed by atoms with van der Waals surface area (Å²) >= 11 is 3.21. The molecule has 0 aliphatic carbocycles. The summed E-state index contributed by atoms with van der Waals surface area (Å²) in [7, 11) is 0. The fraction of sp³-hybridized carbons (Fsp3) is 0.182. The Bertz CT molecular complexity index is 426. The molecule has 72 valence electrons. The lowest BCUT2D eigenvalue weighted by molar-refractivity contribution is 0.0997. The van der Waals surface area contributed by atoms with Crippen molar-refractivity contribution >= 4 is 28.5 Å². The average molecular weight is 222 g/mol. The van der Waals surface area contributed by atoms with Crippen LogP contribution in [0.25, 0.3) is 0 Å². The lowest BCUT2D eigenvalue weighted by Gasteiger charge is -1.93. The molecule has 0 amide bonds. The number of rotatable bonds is 3. The molecule has 0 aliphatic heterocycles. The van der Waals surface area contributed by atoms with Gasteiger partial charge in [-0.2, -0.15) is 0 Å². The van der Waals surface area contributed by atoms with Crippen LogP contribution in [0.5, 0.6) is 0 Å². The highest BCUT2D eigenvalue weighted by Gasteiger charge is 2.08. The lowest BCUT2D eigenvalue weighted by Crippen LogP contribution is -1.98. The van der Waals surface area contributed by atoms with Crippen molar-refractivity contribution in [3.05, 3.63) is 44.3 Å². The topological polar surface area (TPSA) is 17.1 Å². The lowest BCUT2D eigenvalue weighted by atomic mass is 10.2. The third-order valence-electron chi connectivity index (χ3n) is 1.93. The minimum Gasteiger partial charge on any atom is -0.293 e. The molecule has 0 bridgehead atoms. The van der Waals surface area contributed by atoms with Gasteiger partial charge in [-0.15, -0.1) is 22.7 Å². The first-order chi connectivity index (χ1) is 6.75. The van der Waals surface area contributed by atoms with Crippen LogP contribution in [0.3, 0.4) is 0 Å². The number of carbonyl (C=O) groups is 1. The zero-order valence-electron chi connectivity index (χ0n) is 7.82. The molecule has 0 aliphatic rings. The van der Waals surface area contributed by atoms with Gasteiger partial charge in [-0.3, -0.25) is 4.79 Å². The summed E-state index contributed by atoms with van der Waals surface area (Å²) in [6.45, 7) is 2.06. The van der Waals surface area contributed by atoms with Crippen molar-refractivity contribution in [3.8, 4) is 0 Å². The van der Waals surface area contributed by atoms with Crippen molar-refractivity contribution < 1.29 is 4.79 Å². The number of hydrogen-bond donors (Lipinski definition) is 0. The molecule has 0 fully saturated rings. The van der Waals surface area contributed by atoms with Crippen LogP contribution >= 0.6 is 22.7 Å². The number of carbonyl (C=O) groups excluding carboxylic acids is 1. The Morgan fingerprint density at radius 2 is 2.21 bits per heavy atom. The van der Waals surface area contributed by atoms with E-state index in [0.717, 1.165) is 9.75 Å². The van der Waals surface area contributed by atoms with Gasteiger partial charge < -0.3 is 0 Å². The summed E-state index contributed by atoms with van der Waals surface area (Å²) in [6, 6.07) is 7.89. The third-order valence-corrected chi connectivity index (χ3v) is 3.84. The molecular formula is C11H10OS2. The van der Waals surface area contributed by atoms with Gasteiger partial charge in [0.2, 0.25) is 0 Å². The maximum absolute atomic E-state index is 11.7. The molecular weight excluding hydrogens is 212 g/mol. The second-order valence-electron chi connectivity index (χ2n) is 3.09. The summed E-state index contributed by atoms with van der Waals surface area (Å²) in [5.74, 6) is 0.224. The van der Waals surface area contributed by atoms with Crippen molar-refractivity contribution in [1.29, 1.82) is 0 Å². The molecule has 14 heavy (non-hydrogen) atoms. The van der Waals surface area contributed by atoms with E-state index < -0.39 is 0 Å². The highest BCUT2D eigenvalue weighted by molar-refractivity contribution is 7.13. The SMILES string of the molecule is Cc1ccc(CC(=O)c2cccs2)s1. The quantitative estimate of drug-likeness (QED) is 0.726. The van der Waals surface area contributed by atoms with Gasteiger partial charge in [0, 0.05) is 16.2 Å². The maximum Gasteiger partial charge on any atom is 0.177 e. The van der Waals surface area contributed by atoms with E-state index in [0.29, 0.717) is 6.42 Å². The van der Waals surface area contributed by atoms with E-state index in [1.165, 1.54) is 16.2 Å². The molecule has 0 spiro atoms. The van der Waals surface area contributed by atoms with Gasteiger partial charge in [-0.25, -0.2) is 0 Å². The zero-order chi connectivity index (χ0) is 9.97. The number of hydrogen-bond acceptors (Lipinski definition) is 3. The molecule has 2 heterocycles. The molecule has 0 radical (unpaired) electrons. The summed E-state index contributed by atoms with van der Waals surface area (Å²) < 4.78 is 0. The summed E-state index contributed by atoms with van der Waals surface area (Å²) in [5.41, 5.74) is 0. The predicted molar refractivity (Wildman–Crippen MR) is 61.4 cm³/mol. The molecule has 0 unspecified atom stereocenters. The smallest absolute Gasteiger partial charge is 0.177 e. The Hall–Kier alpha value is -0.930. The summed E-state index contributed by atoms with van der Waals surface area (Å²) in [6.07, 6.45) is 0.541. The Morgan fingerprint density at radius 1 is 1.36 bits per heavy atom. The van der Waals surface area contributed by atoms with Gasteiger partial charge in [0.25, 0.3) is 0 Å². The standard InChI is InChI=1S/C11H10OS2/c1-8-4-5-9(14-8)7-10(12)11-3-2-6-13-11/h2-6H,7H2,1H3. The molecule has 0 N–H and O–H groups in total. The van der Waals surface area contributed by atoms with Crippen molar-refractivity contribution in [1.82, 2.24) is 0 Å². The van der Waals surface area contributed by atoms with Crippen molar-refractivity contribution in [2.75, 3.05) is 0 Å². The summed E-state index contributed by atoms with van der Waals surface area (Å²) in [4.78, 5) is 15.0. The number of Topliss-reactive ketones (excluding diaryl/α,β-unsaturated/α-hetero) is 1. The molecule has 0 atom stereocenters. The first kappa shape index (κ1) is 9.62. The van der Waals surface area contributed by atoms with Gasteiger partial charge >= 0.3 is 0 Å². The molecule has 3 heteroatoms. The zero-order valence-corrected chi connectivity index (χ0v) is 9.45. The maximum atomic E-state index is 11.7. The van der Waals surface area contributed by atoms with Gasteiger partial charge in [-0.05, 0) is 30.5 Å². The Kier molecular flexibility index (Phi) is 2.79. The van der Waals surface area contributed by atoms with Crippen LogP contribution in [0.1, 0.15) is 19.4 Å². The van der Waals surface area contributed by atoms with E-state index in [1.807, 2.05) is 23.6 Å². The van der Waals surface area contributed by atoms with Gasteiger partial charge in [0.05, 0.1) is 4.88 Å². The van der Waals surface area contributed by atoms with Crippen LogP contribution < -0.4 is 0 Å². The second-order valence-corrected chi connectivity index (χ2v) is 5.41. The second kappa shape index (κ2) is 4.07. The Morgan fingerprint density at radius 3 is 2.79 bits per heavy atom. The number of ketones is 1. The van der Waals surface area contributed by atoms with E-state index in [9.17, 15) is 4.79 Å². The monoisotopic (exact) mass is 222 g/mol. The van der Waals surface area contributed by atoms with Crippen LogP contribution in [-0.4, -0.2) is 5.78 Å². The molecule has 0 saturated carbocycles. The van der Waals surface area contributed by atoms with Gasteiger partial charge in [0.15, 0.2) is 5.78 Å². The predicted octanol–water partition coefficient (Wildman–Crippen LogP) is 3.54. The van der Waals surface area contributed by atoms with E-state index in [4.69, 9.17) is 0 Å². The van der Waals surface area contributed by atoms with Gasteiger partial charge in [-0.1, -0.05) is 6.07 Å². The minimum atomic E-state index is 0.224. The molecule has 2 aromatic heterocycles. The van der Waals surface area contributed by atoms with Crippen LogP contribution in [0.2, 0.25) is 0 Å². The summed E-state index contributed by atoms with van der Waals surface area (Å²) in [5, 5.41) is 1.94. The fourth-order valence-electron chi connectivity index (χ4n) is 1.26. The van der Waals surface area contributed by atoms with E-state index in [1.54, 1.807) is 11.3 Å². The fourth-order valence-corrected chi connectivity index (χ4v) is 2.82. The van der Waals surface area contributed by atoms with Gasteiger partial charge in [0.1, 0.15) is 0 Å². The van der Waals surface area contributed by atoms with Crippen molar-refractivity contribution in [2.45, 2.75) is 13.3 Å². The van der Waals surface area contributed by atoms with Crippen LogP contribution in [-0.2, 0) is 6.42 Å². The van der Waals surface area contributed by atoms with E-state index >= 15 is 0 Å². The largest absolute Gasteiger partial charge is 0.293 e. The molecule has 2 rings (SSSR count). The Labute approximate surface area is 91.0 Å². The highest BCUT2D eigenvalue weighted by Crippen LogP contribution is 2.19. The van der Waals surface area contributed by atoms with Crippen molar-refractivity contribution in [2.24, 2.45) is 0 Å². The molecule has 0 saturated heterocycles. The first-order valence-electron chi connectivity index (χ1n) is 4.38. The van der Waals surface area contributed by atoms with Crippen molar-refractivity contribution in [3.63, 3.8) is 0 Å². The van der Waals surface area contributed by atoms with Crippen LogP contribution in [0.15, 0.2) is 29.6 Å². The Balaban J connectivity index is 2.09. The average Bonchev–Trinajstić information content (AvgIpc) is 2.75. The van der Waals surface area contributed by atoms with Crippen LogP contribution in [0.4, 0.5) is 0 Å². The third kappa shape index (κ3) is 2.11. The normalized spacial score (nSPS) is 10.4. The number of thiophene rings is 2.